The van der Waals surface area contributed by atoms with Gasteiger partial charge in [-0.1, -0.05) is 6.08 Å². The predicted octanol–water partition coefficient (Wildman–Crippen LogP) is 2.49. The zero-order chi connectivity index (χ0) is 9.26. The molecule has 0 aliphatic heterocycles. The third-order valence-electron chi connectivity index (χ3n) is 2.30. The number of hydrogen-bond donors (Lipinski definition) is 1. The van der Waals surface area contributed by atoms with E-state index in [1.807, 2.05) is 0 Å². The summed E-state index contributed by atoms with van der Waals surface area (Å²) in [5, 5.41) is 12.6. The lowest BCUT2D eigenvalue weighted by Gasteiger charge is -1.89. The molecule has 2 atom stereocenters. The molecule has 1 fully saturated rings. The first-order chi connectivity index (χ1) is 6.27. The molecular formula is C10H10O2S. The topological polar surface area (TPSA) is 37.3 Å². The predicted molar refractivity (Wildman–Crippen MR) is 51.9 cm³/mol. The Morgan fingerprint density at radius 1 is 1.69 bits per heavy atom. The molecule has 2 nitrogen and oxygen atoms in total. The first-order valence-corrected chi connectivity index (χ1v) is 5.15. The van der Waals surface area contributed by atoms with Crippen molar-refractivity contribution in [2.24, 2.45) is 5.92 Å². The summed E-state index contributed by atoms with van der Waals surface area (Å²) in [5.41, 5.74) is 1.35. The van der Waals surface area contributed by atoms with Crippen LogP contribution in [-0.2, 0) is 4.79 Å². The Hall–Kier alpha value is -1.09. The van der Waals surface area contributed by atoms with Gasteiger partial charge in [0.15, 0.2) is 0 Å². The van der Waals surface area contributed by atoms with E-state index in [0.29, 0.717) is 11.8 Å². The number of rotatable bonds is 3. The minimum absolute atomic E-state index is 0.450. The van der Waals surface area contributed by atoms with Crippen LogP contribution in [0.1, 0.15) is 17.9 Å². The lowest BCUT2D eigenvalue weighted by atomic mass is 10.2. The lowest BCUT2D eigenvalue weighted by Crippen LogP contribution is -1.86. The molecule has 1 aliphatic rings. The van der Waals surface area contributed by atoms with Gasteiger partial charge in [-0.25, -0.2) is 4.79 Å². The van der Waals surface area contributed by atoms with Gasteiger partial charge >= 0.3 is 5.97 Å². The van der Waals surface area contributed by atoms with E-state index >= 15 is 0 Å². The van der Waals surface area contributed by atoms with E-state index in [-0.39, 0.29) is 0 Å². The maximum Gasteiger partial charge on any atom is 0.327 e. The maximum atomic E-state index is 10.2. The quantitative estimate of drug-likeness (QED) is 0.750. The van der Waals surface area contributed by atoms with Crippen LogP contribution in [0.15, 0.2) is 29.0 Å². The van der Waals surface area contributed by atoms with Crippen molar-refractivity contribution < 1.29 is 9.90 Å². The van der Waals surface area contributed by atoms with Crippen LogP contribution in [0.2, 0.25) is 0 Å². The smallest absolute Gasteiger partial charge is 0.327 e. The molecule has 0 radical (unpaired) electrons. The van der Waals surface area contributed by atoms with Crippen LogP contribution in [0, 0.1) is 5.92 Å². The van der Waals surface area contributed by atoms with Crippen LogP contribution in [0.3, 0.4) is 0 Å². The van der Waals surface area contributed by atoms with E-state index in [0.717, 1.165) is 6.42 Å². The minimum atomic E-state index is -0.851. The largest absolute Gasteiger partial charge is 0.478 e. The van der Waals surface area contributed by atoms with Crippen molar-refractivity contribution in [1.82, 2.24) is 0 Å². The fourth-order valence-electron chi connectivity index (χ4n) is 1.50. The van der Waals surface area contributed by atoms with Crippen LogP contribution in [-0.4, -0.2) is 11.1 Å². The first-order valence-electron chi connectivity index (χ1n) is 4.20. The molecule has 1 aliphatic carbocycles. The van der Waals surface area contributed by atoms with Crippen LogP contribution < -0.4 is 0 Å². The molecule has 3 heteroatoms. The van der Waals surface area contributed by atoms with Gasteiger partial charge in [0.05, 0.1) is 0 Å². The van der Waals surface area contributed by atoms with Crippen molar-refractivity contribution in [1.29, 1.82) is 0 Å². The van der Waals surface area contributed by atoms with Gasteiger partial charge in [-0.2, -0.15) is 11.3 Å². The number of carboxylic acid groups (broad SMARTS) is 1. The molecule has 68 valence electrons. The van der Waals surface area contributed by atoms with Gasteiger partial charge in [0, 0.05) is 6.08 Å². The average Bonchev–Trinajstić information content (AvgIpc) is 2.66. The van der Waals surface area contributed by atoms with Crippen molar-refractivity contribution in [3.05, 3.63) is 34.5 Å². The Morgan fingerprint density at radius 3 is 3.15 bits per heavy atom. The third kappa shape index (κ3) is 1.98. The summed E-state index contributed by atoms with van der Waals surface area (Å²) < 4.78 is 0. The van der Waals surface area contributed by atoms with Crippen LogP contribution in [0.4, 0.5) is 0 Å². The zero-order valence-electron chi connectivity index (χ0n) is 7.01. The van der Waals surface area contributed by atoms with E-state index in [1.54, 1.807) is 17.4 Å². The summed E-state index contributed by atoms with van der Waals surface area (Å²) in [7, 11) is 0. The molecule has 0 spiro atoms. The summed E-state index contributed by atoms with van der Waals surface area (Å²) >= 11 is 1.69. The Labute approximate surface area is 80.5 Å². The first kappa shape index (κ1) is 8.51. The second-order valence-electron chi connectivity index (χ2n) is 3.26. The highest BCUT2D eigenvalue weighted by Gasteiger charge is 2.36. The number of carbonyl (C=O) groups is 1. The molecule has 0 bridgehead atoms. The van der Waals surface area contributed by atoms with E-state index < -0.39 is 5.97 Å². The van der Waals surface area contributed by atoms with Crippen molar-refractivity contribution in [2.75, 3.05) is 0 Å². The fourth-order valence-corrected chi connectivity index (χ4v) is 2.23. The van der Waals surface area contributed by atoms with Gasteiger partial charge in [-0.05, 0) is 40.6 Å². The van der Waals surface area contributed by atoms with Crippen molar-refractivity contribution in [3.63, 3.8) is 0 Å². The monoisotopic (exact) mass is 194 g/mol. The summed E-state index contributed by atoms with van der Waals surface area (Å²) in [6.07, 6.45) is 4.14. The Kier molecular flexibility index (Phi) is 2.19. The Bertz CT molecular complexity index is 327. The van der Waals surface area contributed by atoms with Crippen LogP contribution in [0.5, 0.6) is 0 Å². The normalized spacial score (nSPS) is 26.5. The van der Waals surface area contributed by atoms with Crippen LogP contribution in [0.25, 0.3) is 0 Å². The summed E-state index contributed by atoms with van der Waals surface area (Å²) in [4.78, 5) is 10.2. The SMILES string of the molecule is O=C(O)C=C[C@@H]1C[C@H]1c1ccsc1. The molecule has 1 heterocycles. The zero-order valence-corrected chi connectivity index (χ0v) is 7.83. The number of hydrogen-bond acceptors (Lipinski definition) is 2. The molecule has 1 saturated carbocycles. The fraction of sp³-hybridized carbons (Fsp3) is 0.300. The number of thiophene rings is 1. The second kappa shape index (κ2) is 3.34. The second-order valence-corrected chi connectivity index (χ2v) is 4.04. The van der Waals surface area contributed by atoms with Crippen LogP contribution >= 0.6 is 11.3 Å². The molecule has 1 aromatic heterocycles. The maximum absolute atomic E-state index is 10.2. The van der Waals surface area contributed by atoms with Gasteiger partial charge in [-0.3, -0.25) is 0 Å². The lowest BCUT2D eigenvalue weighted by molar-refractivity contribution is -0.131. The van der Waals surface area contributed by atoms with Gasteiger partial charge in [0.2, 0.25) is 0 Å². The molecule has 1 aromatic rings. The molecule has 0 saturated heterocycles. The number of aliphatic carboxylic acids is 1. The standard InChI is InChI=1S/C10H10O2S/c11-10(12)2-1-7-5-9(7)8-3-4-13-6-8/h1-4,6-7,9H,5H2,(H,11,12)/t7-,9-/m1/s1. The summed E-state index contributed by atoms with van der Waals surface area (Å²) in [6, 6.07) is 2.12. The summed E-state index contributed by atoms with van der Waals surface area (Å²) in [6.45, 7) is 0. The van der Waals surface area contributed by atoms with Gasteiger partial charge in [0.25, 0.3) is 0 Å². The molecular weight excluding hydrogens is 184 g/mol. The molecule has 2 rings (SSSR count). The molecule has 0 unspecified atom stereocenters. The van der Waals surface area contributed by atoms with E-state index in [9.17, 15) is 4.79 Å². The highest BCUT2D eigenvalue weighted by Crippen LogP contribution is 2.48. The van der Waals surface area contributed by atoms with Crippen molar-refractivity contribution in [3.8, 4) is 0 Å². The van der Waals surface area contributed by atoms with Crippen molar-refractivity contribution >= 4 is 17.3 Å². The number of allylic oxidation sites excluding steroid dienone is 1. The average molecular weight is 194 g/mol. The molecule has 0 aromatic carbocycles. The van der Waals surface area contributed by atoms with Gasteiger partial charge in [0.1, 0.15) is 0 Å². The van der Waals surface area contributed by atoms with Gasteiger partial charge < -0.3 is 5.11 Å². The summed E-state index contributed by atoms with van der Waals surface area (Å²) in [5.74, 6) is 0.170. The molecule has 0 amide bonds. The number of carboxylic acids is 1. The van der Waals surface area contributed by atoms with Gasteiger partial charge in [-0.15, -0.1) is 0 Å². The van der Waals surface area contributed by atoms with Crippen molar-refractivity contribution in [2.45, 2.75) is 12.3 Å². The molecule has 13 heavy (non-hydrogen) atoms. The third-order valence-corrected chi connectivity index (χ3v) is 3.00. The molecule has 1 N–H and O–H groups in total. The highest BCUT2D eigenvalue weighted by molar-refractivity contribution is 7.08. The van der Waals surface area contributed by atoms with E-state index in [2.05, 4.69) is 16.8 Å². The minimum Gasteiger partial charge on any atom is -0.478 e. The van der Waals surface area contributed by atoms with E-state index in [4.69, 9.17) is 5.11 Å². The highest BCUT2D eigenvalue weighted by atomic mass is 32.1. The Balaban J connectivity index is 1.93. The Morgan fingerprint density at radius 2 is 2.54 bits per heavy atom. The van der Waals surface area contributed by atoms with E-state index in [1.165, 1.54) is 11.6 Å².